The quantitative estimate of drug-likeness (QED) is 0.688. The number of aromatic nitrogens is 2. The number of carbonyl (C=O) groups is 1. The van der Waals surface area contributed by atoms with Crippen molar-refractivity contribution in [1.29, 1.82) is 0 Å². The molecule has 3 rings (SSSR count). The third kappa shape index (κ3) is 3.62. The zero-order valence-corrected chi connectivity index (χ0v) is 14.4. The van der Waals surface area contributed by atoms with E-state index in [1.54, 1.807) is 12.1 Å². The van der Waals surface area contributed by atoms with Crippen molar-refractivity contribution in [2.75, 3.05) is 0 Å². The van der Waals surface area contributed by atoms with Gasteiger partial charge in [-0.05, 0) is 42.8 Å². The van der Waals surface area contributed by atoms with Crippen LogP contribution in [-0.2, 0) is 0 Å². The van der Waals surface area contributed by atoms with E-state index in [9.17, 15) is 4.79 Å². The number of nitrogens with zero attached hydrogens (tertiary/aromatic N) is 1. The third-order valence-electron chi connectivity index (χ3n) is 3.73. The summed E-state index contributed by atoms with van der Waals surface area (Å²) in [5.41, 5.74) is 2.55. The van der Waals surface area contributed by atoms with Gasteiger partial charge in [-0.1, -0.05) is 41.4 Å². The summed E-state index contributed by atoms with van der Waals surface area (Å²) in [7, 11) is 0. The van der Waals surface area contributed by atoms with Crippen molar-refractivity contribution in [1.82, 2.24) is 15.3 Å². The van der Waals surface area contributed by atoms with Crippen LogP contribution in [0.5, 0.6) is 0 Å². The van der Waals surface area contributed by atoms with Gasteiger partial charge in [0.1, 0.15) is 5.82 Å². The minimum Gasteiger partial charge on any atom is -0.342 e. The molecule has 1 amide bonds. The molecule has 4 nitrogen and oxygen atoms in total. The molecule has 0 aliphatic carbocycles. The Morgan fingerprint density at radius 2 is 1.96 bits per heavy atom. The average molecular weight is 372 g/mol. The number of aromatic amines is 1. The highest BCUT2D eigenvalue weighted by Crippen LogP contribution is 2.20. The molecule has 3 aromatic rings. The zero-order chi connectivity index (χ0) is 16.2. The van der Waals surface area contributed by atoms with Crippen molar-refractivity contribution in [3.05, 3.63) is 64.4 Å². The molecule has 118 valence electrons. The number of amides is 1. The molecular weight excluding hydrogens is 354 g/mol. The fourth-order valence-electron chi connectivity index (χ4n) is 2.55. The molecule has 1 unspecified atom stereocenters. The first-order valence-corrected chi connectivity index (χ1v) is 8.47. The third-order valence-corrected chi connectivity index (χ3v) is 4.26. The average Bonchev–Trinajstić information content (AvgIpc) is 2.99. The van der Waals surface area contributed by atoms with E-state index in [0.29, 0.717) is 5.56 Å². The molecule has 1 heterocycles. The van der Waals surface area contributed by atoms with Crippen LogP contribution in [0.4, 0.5) is 0 Å². The molecule has 0 saturated heterocycles. The van der Waals surface area contributed by atoms with E-state index in [-0.39, 0.29) is 11.9 Å². The van der Waals surface area contributed by atoms with Gasteiger partial charge in [0, 0.05) is 10.0 Å². The first-order chi connectivity index (χ1) is 11.2. The lowest BCUT2D eigenvalue weighted by molar-refractivity contribution is 0.0932. The maximum absolute atomic E-state index is 12.5. The molecule has 1 aromatic heterocycles. The number of carbonyl (C=O) groups excluding carboxylic acids is 1. The van der Waals surface area contributed by atoms with E-state index >= 15 is 0 Å². The maximum atomic E-state index is 12.5. The number of halogens is 1. The molecule has 0 fully saturated rings. The summed E-state index contributed by atoms with van der Waals surface area (Å²) < 4.78 is 0.955. The Labute approximate surface area is 143 Å². The lowest BCUT2D eigenvalue weighted by atomic mass is 10.1. The van der Waals surface area contributed by atoms with E-state index in [1.807, 2.05) is 36.4 Å². The van der Waals surface area contributed by atoms with Crippen LogP contribution in [0.2, 0.25) is 0 Å². The molecule has 2 N–H and O–H groups in total. The van der Waals surface area contributed by atoms with Gasteiger partial charge in [-0.2, -0.15) is 0 Å². The van der Waals surface area contributed by atoms with Crippen LogP contribution < -0.4 is 5.32 Å². The number of hydrogen-bond donors (Lipinski definition) is 2. The van der Waals surface area contributed by atoms with Gasteiger partial charge in [0.15, 0.2) is 0 Å². The zero-order valence-electron chi connectivity index (χ0n) is 12.8. The minimum absolute atomic E-state index is 0.0867. The van der Waals surface area contributed by atoms with Gasteiger partial charge in [-0.15, -0.1) is 0 Å². The number of para-hydroxylation sites is 2. The van der Waals surface area contributed by atoms with Crippen molar-refractivity contribution in [2.45, 2.75) is 25.8 Å². The second kappa shape index (κ2) is 6.96. The van der Waals surface area contributed by atoms with Crippen molar-refractivity contribution in [3.63, 3.8) is 0 Å². The highest BCUT2D eigenvalue weighted by atomic mass is 79.9. The van der Waals surface area contributed by atoms with Crippen LogP contribution >= 0.6 is 15.9 Å². The summed E-state index contributed by atoms with van der Waals surface area (Å²) in [6.45, 7) is 2.10. The maximum Gasteiger partial charge on any atom is 0.251 e. The van der Waals surface area contributed by atoms with E-state index in [4.69, 9.17) is 0 Å². The molecule has 1 atom stereocenters. The summed E-state index contributed by atoms with van der Waals surface area (Å²) >= 11 is 3.38. The predicted octanol–water partition coefficient (Wildman–Crippen LogP) is 4.60. The number of nitrogens with one attached hydrogen (secondary N) is 2. The molecule has 0 spiro atoms. The Morgan fingerprint density at radius 1 is 1.22 bits per heavy atom. The summed E-state index contributed by atoms with van der Waals surface area (Å²) in [5.74, 6) is 0.718. The van der Waals surface area contributed by atoms with Crippen LogP contribution in [0.15, 0.2) is 53.0 Å². The van der Waals surface area contributed by atoms with Crippen LogP contribution in [-0.4, -0.2) is 15.9 Å². The van der Waals surface area contributed by atoms with E-state index in [0.717, 1.165) is 34.2 Å². The molecule has 0 radical (unpaired) electrons. The molecule has 0 aliphatic rings. The van der Waals surface area contributed by atoms with Crippen molar-refractivity contribution in [3.8, 4) is 0 Å². The van der Waals surface area contributed by atoms with Crippen LogP contribution in [0, 0.1) is 0 Å². The number of rotatable bonds is 5. The fourth-order valence-corrected chi connectivity index (χ4v) is 2.81. The SMILES string of the molecule is CCCC(NC(=O)c1ccc(Br)cc1)c1nc2ccccc2[nH]1. The fraction of sp³-hybridized carbons (Fsp3) is 0.222. The van der Waals surface area contributed by atoms with Gasteiger partial charge in [0.05, 0.1) is 17.1 Å². The second-order valence-electron chi connectivity index (χ2n) is 5.46. The number of benzene rings is 2. The highest BCUT2D eigenvalue weighted by Gasteiger charge is 2.18. The second-order valence-corrected chi connectivity index (χ2v) is 6.38. The molecule has 23 heavy (non-hydrogen) atoms. The van der Waals surface area contributed by atoms with Gasteiger partial charge in [0.25, 0.3) is 5.91 Å². The molecule has 0 aliphatic heterocycles. The van der Waals surface area contributed by atoms with Crippen LogP contribution in [0.3, 0.4) is 0 Å². The van der Waals surface area contributed by atoms with Gasteiger partial charge in [0.2, 0.25) is 0 Å². The van der Waals surface area contributed by atoms with Crippen LogP contribution in [0.25, 0.3) is 11.0 Å². The number of fused-ring (bicyclic) bond motifs is 1. The minimum atomic E-state index is -0.122. The standard InChI is InChI=1S/C18H18BrN3O/c1-2-5-16(17-20-14-6-3-4-7-15(14)21-17)22-18(23)12-8-10-13(19)11-9-12/h3-4,6-11,16H,2,5H2,1H3,(H,20,21)(H,22,23). The molecule has 0 saturated carbocycles. The normalized spacial score (nSPS) is 12.3. The lowest BCUT2D eigenvalue weighted by Gasteiger charge is -2.16. The smallest absolute Gasteiger partial charge is 0.251 e. The molecule has 2 aromatic carbocycles. The monoisotopic (exact) mass is 371 g/mol. The largest absolute Gasteiger partial charge is 0.342 e. The molecular formula is C18H18BrN3O. The number of imidazole rings is 1. The van der Waals surface area contributed by atoms with E-state index in [2.05, 4.69) is 38.1 Å². The first kappa shape index (κ1) is 15.7. The Kier molecular flexibility index (Phi) is 4.76. The van der Waals surface area contributed by atoms with Gasteiger partial charge >= 0.3 is 0 Å². The number of H-pyrrole nitrogens is 1. The topological polar surface area (TPSA) is 57.8 Å². The Morgan fingerprint density at radius 3 is 2.65 bits per heavy atom. The van der Waals surface area contributed by atoms with Gasteiger partial charge < -0.3 is 10.3 Å². The Balaban J connectivity index is 1.83. The van der Waals surface area contributed by atoms with Gasteiger partial charge in [-0.3, -0.25) is 4.79 Å². The first-order valence-electron chi connectivity index (χ1n) is 7.68. The van der Waals surface area contributed by atoms with E-state index in [1.165, 1.54) is 0 Å². The Hall–Kier alpha value is -2.14. The molecule has 5 heteroatoms. The summed E-state index contributed by atoms with van der Waals surface area (Å²) in [6.07, 6.45) is 1.80. The Bertz CT molecular complexity index is 778. The van der Waals surface area contributed by atoms with Gasteiger partial charge in [-0.25, -0.2) is 4.98 Å². The summed E-state index contributed by atoms with van der Waals surface area (Å²) in [6, 6.07) is 15.1. The lowest BCUT2D eigenvalue weighted by Crippen LogP contribution is -2.29. The van der Waals surface area contributed by atoms with Crippen LogP contribution in [0.1, 0.15) is 42.0 Å². The van der Waals surface area contributed by atoms with E-state index < -0.39 is 0 Å². The number of hydrogen-bond acceptors (Lipinski definition) is 2. The van der Waals surface area contributed by atoms with Crippen molar-refractivity contribution >= 4 is 32.9 Å². The predicted molar refractivity (Wildman–Crippen MR) is 95.4 cm³/mol. The summed E-state index contributed by atoms with van der Waals surface area (Å²) in [4.78, 5) is 20.4. The highest BCUT2D eigenvalue weighted by molar-refractivity contribution is 9.10. The molecule has 0 bridgehead atoms. The summed E-state index contributed by atoms with van der Waals surface area (Å²) in [5, 5.41) is 3.08. The van der Waals surface area contributed by atoms with Crippen molar-refractivity contribution < 1.29 is 4.79 Å². The van der Waals surface area contributed by atoms with Crippen molar-refractivity contribution in [2.24, 2.45) is 0 Å².